The van der Waals surface area contributed by atoms with Crippen molar-refractivity contribution in [2.45, 2.75) is 24.3 Å². The van der Waals surface area contributed by atoms with Crippen LogP contribution in [0.15, 0.2) is 23.2 Å². The number of amides is 2. The van der Waals surface area contributed by atoms with E-state index in [0.29, 0.717) is 12.1 Å². The number of hydrogen-bond donors (Lipinski definition) is 3. The molecule has 1 aromatic heterocycles. The number of aliphatic hydroxyl groups excluding tert-OH is 1. The lowest BCUT2D eigenvalue weighted by molar-refractivity contribution is 0.101. The molecule has 10 nitrogen and oxygen atoms in total. The second-order valence-electron chi connectivity index (χ2n) is 8.08. The molecular weight excluding hydrogens is 512 g/mol. The minimum atomic E-state index is -4.57. The predicted molar refractivity (Wildman–Crippen MR) is 118 cm³/mol. The van der Waals surface area contributed by atoms with Crippen molar-refractivity contribution in [3.05, 3.63) is 47.3 Å². The molecular formula is C21H24F4N4O6S. The average Bonchev–Trinajstić information content (AvgIpc) is 3.32. The van der Waals surface area contributed by atoms with Crippen molar-refractivity contribution in [2.24, 2.45) is 13.0 Å². The molecule has 2 atom stereocenters. The second kappa shape index (κ2) is 10.8. The number of likely N-dealkylation sites (tertiary alicyclic amines) is 1. The Bertz CT molecular complexity index is 1250. The van der Waals surface area contributed by atoms with E-state index in [0.717, 1.165) is 10.8 Å². The van der Waals surface area contributed by atoms with Crippen LogP contribution in [0, 0.1) is 29.2 Å². The highest BCUT2D eigenvalue weighted by Gasteiger charge is 2.39. The molecule has 2 unspecified atom stereocenters. The van der Waals surface area contributed by atoms with E-state index in [9.17, 15) is 36.3 Å². The third kappa shape index (κ3) is 5.63. The normalized spacial score (nSPS) is 17.9. The van der Waals surface area contributed by atoms with Gasteiger partial charge in [-0.1, -0.05) is 0 Å². The van der Waals surface area contributed by atoms with Crippen molar-refractivity contribution in [3.8, 4) is 0 Å². The number of nitrogens with one attached hydrogen (secondary N) is 2. The Morgan fingerprint density at radius 3 is 2.36 bits per heavy atom. The molecule has 1 aromatic carbocycles. The number of halogens is 4. The number of aromatic nitrogens is 1. The Morgan fingerprint density at radius 1 is 1.14 bits per heavy atom. The van der Waals surface area contributed by atoms with Gasteiger partial charge in [0.1, 0.15) is 10.6 Å². The summed E-state index contributed by atoms with van der Waals surface area (Å²) in [4.78, 5) is 25.0. The SMILES string of the molecule is CCOC(=O)N1CC(CCO)C(NS(=O)(=O)c2cn(C)c(C(=O)Nc3cc(F)c(F)c(F)c3)c2F)C1. The fourth-order valence-electron chi connectivity index (χ4n) is 3.92. The van der Waals surface area contributed by atoms with E-state index in [1.165, 1.54) is 11.9 Å². The van der Waals surface area contributed by atoms with E-state index in [-0.39, 0.29) is 32.7 Å². The lowest BCUT2D eigenvalue weighted by Crippen LogP contribution is -2.41. The fourth-order valence-corrected chi connectivity index (χ4v) is 5.35. The summed E-state index contributed by atoms with van der Waals surface area (Å²) in [5.74, 6) is -8.11. The van der Waals surface area contributed by atoms with Gasteiger partial charge in [0.25, 0.3) is 5.91 Å². The Hall–Kier alpha value is -3.17. The molecule has 2 heterocycles. The van der Waals surface area contributed by atoms with Gasteiger partial charge in [0, 0.05) is 56.8 Å². The van der Waals surface area contributed by atoms with Crippen LogP contribution in [0.2, 0.25) is 0 Å². The molecule has 1 aliphatic heterocycles. The zero-order chi connectivity index (χ0) is 26.8. The van der Waals surface area contributed by atoms with Crippen LogP contribution in [0.1, 0.15) is 23.8 Å². The highest BCUT2D eigenvalue weighted by atomic mass is 32.2. The second-order valence-corrected chi connectivity index (χ2v) is 9.76. The summed E-state index contributed by atoms with van der Waals surface area (Å²) < 4.78 is 89.3. The standard InChI is InChI=1S/C21H24F4N4O6S/c1-3-35-21(32)29-8-11(4-5-30)15(9-29)27-36(33,34)16-10-28(2)19(18(16)25)20(31)26-12-6-13(22)17(24)14(23)7-12/h6-7,10-11,15,27,30H,3-5,8-9H2,1-2H3,(H,26,31). The van der Waals surface area contributed by atoms with E-state index in [1.807, 2.05) is 5.32 Å². The Balaban J connectivity index is 1.84. The summed E-state index contributed by atoms with van der Waals surface area (Å²) in [5.41, 5.74) is -1.29. The van der Waals surface area contributed by atoms with Gasteiger partial charge < -0.3 is 24.6 Å². The molecule has 3 rings (SSSR count). The molecule has 1 fully saturated rings. The van der Waals surface area contributed by atoms with Crippen LogP contribution < -0.4 is 10.0 Å². The predicted octanol–water partition coefficient (Wildman–Crippen LogP) is 1.95. The van der Waals surface area contributed by atoms with Gasteiger partial charge in [-0.05, 0) is 19.3 Å². The number of carbonyl (C=O) groups is 2. The summed E-state index contributed by atoms with van der Waals surface area (Å²) in [7, 11) is -3.39. The number of rotatable bonds is 8. The van der Waals surface area contributed by atoms with Crippen LogP contribution in [0.3, 0.4) is 0 Å². The van der Waals surface area contributed by atoms with Crippen LogP contribution in [0.25, 0.3) is 0 Å². The van der Waals surface area contributed by atoms with Gasteiger partial charge in [0.15, 0.2) is 23.3 Å². The number of sulfonamides is 1. The molecule has 36 heavy (non-hydrogen) atoms. The van der Waals surface area contributed by atoms with Gasteiger partial charge >= 0.3 is 6.09 Å². The lowest BCUT2D eigenvalue weighted by Gasteiger charge is -2.18. The zero-order valence-corrected chi connectivity index (χ0v) is 20.0. The largest absolute Gasteiger partial charge is 0.450 e. The van der Waals surface area contributed by atoms with E-state index in [1.54, 1.807) is 6.92 Å². The third-order valence-corrected chi connectivity index (χ3v) is 7.08. The topological polar surface area (TPSA) is 130 Å². The summed E-state index contributed by atoms with van der Waals surface area (Å²) in [6, 6.07) is 0.0775. The first-order valence-corrected chi connectivity index (χ1v) is 12.2. The van der Waals surface area contributed by atoms with Gasteiger partial charge in [-0.15, -0.1) is 0 Å². The number of benzene rings is 1. The molecule has 0 spiro atoms. The molecule has 0 bridgehead atoms. The lowest BCUT2D eigenvalue weighted by atomic mass is 10.0. The van der Waals surface area contributed by atoms with Gasteiger partial charge in [-0.3, -0.25) is 4.79 Å². The first kappa shape index (κ1) is 27.4. The van der Waals surface area contributed by atoms with Crippen molar-refractivity contribution in [1.82, 2.24) is 14.2 Å². The highest BCUT2D eigenvalue weighted by Crippen LogP contribution is 2.26. The van der Waals surface area contributed by atoms with Crippen LogP contribution in [-0.4, -0.2) is 67.3 Å². The van der Waals surface area contributed by atoms with Gasteiger partial charge in [-0.2, -0.15) is 0 Å². The summed E-state index contributed by atoms with van der Waals surface area (Å²) in [6.07, 6.45) is 0.316. The minimum absolute atomic E-state index is 0.0911. The van der Waals surface area contributed by atoms with Gasteiger partial charge in [-0.25, -0.2) is 35.5 Å². The van der Waals surface area contributed by atoms with E-state index in [4.69, 9.17) is 4.74 Å². The highest BCUT2D eigenvalue weighted by molar-refractivity contribution is 7.89. The molecule has 1 saturated heterocycles. The summed E-state index contributed by atoms with van der Waals surface area (Å²) in [5, 5.41) is 11.3. The number of anilines is 1. The van der Waals surface area contributed by atoms with Crippen molar-refractivity contribution in [2.75, 3.05) is 31.6 Å². The molecule has 2 aromatic rings. The molecule has 3 N–H and O–H groups in total. The van der Waals surface area contributed by atoms with Crippen LogP contribution in [0.4, 0.5) is 28.0 Å². The molecule has 2 amide bonds. The van der Waals surface area contributed by atoms with Crippen LogP contribution >= 0.6 is 0 Å². The molecule has 0 radical (unpaired) electrons. The minimum Gasteiger partial charge on any atom is -0.450 e. The average molecular weight is 537 g/mol. The molecule has 0 aliphatic carbocycles. The van der Waals surface area contributed by atoms with Gasteiger partial charge in [0.05, 0.1) is 6.61 Å². The molecule has 0 saturated carbocycles. The zero-order valence-electron chi connectivity index (χ0n) is 19.2. The smallest absolute Gasteiger partial charge is 0.409 e. The quantitative estimate of drug-likeness (QED) is 0.349. The van der Waals surface area contributed by atoms with E-state index in [2.05, 4.69) is 4.72 Å². The Kier molecular flexibility index (Phi) is 8.26. The van der Waals surface area contributed by atoms with Crippen molar-refractivity contribution in [3.63, 3.8) is 0 Å². The number of nitrogens with zero attached hydrogens (tertiary/aromatic N) is 2. The molecule has 1 aliphatic rings. The maximum absolute atomic E-state index is 15.2. The van der Waals surface area contributed by atoms with Crippen molar-refractivity contribution in [1.29, 1.82) is 0 Å². The maximum atomic E-state index is 15.2. The maximum Gasteiger partial charge on any atom is 0.409 e. The monoisotopic (exact) mass is 536 g/mol. The first-order valence-electron chi connectivity index (χ1n) is 10.7. The third-order valence-electron chi connectivity index (χ3n) is 5.61. The number of aliphatic hydroxyl groups is 1. The van der Waals surface area contributed by atoms with Crippen molar-refractivity contribution < 1.29 is 45.4 Å². The number of carbonyl (C=O) groups excluding carboxylic acids is 2. The Labute approximate surface area is 203 Å². The molecule has 15 heteroatoms. The van der Waals surface area contributed by atoms with Crippen LogP contribution in [0.5, 0.6) is 0 Å². The van der Waals surface area contributed by atoms with E-state index >= 15 is 4.39 Å². The first-order chi connectivity index (χ1) is 16.9. The Morgan fingerprint density at radius 2 is 1.78 bits per heavy atom. The number of aryl methyl sites for hydroxylation is 1. The van der Waals surface area contributed by atoms with Crippen LogP contribution in [-0.2, 0) is 21.8 Å². The number of ether oxygens (including phenoxy) is 1. The fraction of sp³-hybridized carbons (Fsp3) is 0.429. The summed E-state index contributed by atoms with van der Waals surface area (Å²) in [6.45, 7) is 1.44. The van der Waals surface area contributed by atoms with Gasteiger partial charge in [0.2, 0.25) is 10.0 Å². The van der Waals surface area contributed by atoms with E-state index < -0.39 is 73.5 Å². The number of hydrogen-bond acceptors (Lipinski definition) is 6. The van der Waals surface area contributed by atoms with Crippen molar-refractivity contribution >= 4 is 27.7 Å². The summed E-state index contributed by atoms with van der Waals surface area (Å²) >= 11 is 0. The molecule has 198 valence electrons.